The molecule has 0 radical (unpaired) electrons. The Morgan fingerprint density at radius 2 is 1.50 bits per heavy atom. The minimum Gasteiger partial charge on any atom is -0.448 e. The Hall–Kier alpha value is -3.15. The first-order valence-corrected chi connectivity index (χ1v) is 11.3. The van der Waals surface area contributed by atoms with Gasteiger partial charge in [-0.05, 0) is 46.7 Å². The quantitative estimate of drug-likeness (QED) is 0.600. The Morgan fingerprint density at radius 1 is 0.906 bits per heavy atom. The minimum absolute atomic E-state index is 0.0446. The molecule has 1 heterocycles. The molecule has 5 nitrogen and oxygen atoms in total. The lowest BCUT2D eigenvalue weighted by molar-refractivity contribution is 0.0793. The molecule has 5 heteroatoms. The Balaban J connectivity index is 1.25. The summed E-state index contributed by atoms with van der Waals surface area (Å²) in [6.07, 6.45) is 0.957. The first-order valence-electron chi connectivity index (χ1n) is 11.3. The third-order valence-corrected chi connectivity index (χ3v) is 6.55. The van der Waals surface area contributed by atoms with Crippen molar-refractivity contribution in [1.29, 1.82) is 0 Å². The second-order valence-electron chi connectivity index (χ2n) is 8.62. The maximum atomic E-state index is 12.7. The Kier molecular flexibility index (Phi) is 5.93. The van der Waals surface area contributed by atoms with E-state index >= 15 is 0 Å². The molecule has 0 aromatic heterocycles. The van der Waals surface area contributed by atoms with E-state index in [-0.39, 0.29) is 12.0 Å². The van der Waals surface area contributed by atoms with Crippen molar-refractivity contribution in [3.8, 4) is 11.1 Å². The van der Waals surface area contributed by atoms with Crippen LogP contribution in [0.25, 0.3) is 11.1 Å². The summed E-state index contributed by atoms with van der Waals surface area (Å²) >= 11 is 0. The van der Waals surface area contributed by atoms with Gasteiger partial charge in [-0.1, -0.05) is 66.7 Å². The molecule has 0 bridgehead atoms. The zero-order valence-electron chi connectivity index (χ0n) is 18.0. The standard InChI is InChI=1S/C27H28N2O3/c30-20-13-15-29(16-14-20)17-19-7-1-6-12-26(19)28-27(31)32-18-25-23-10-4-2-8-21(23)22-9-3-5-11-24(22)25/h1-12,20,25,30H,13-18H2,(H,28,31). The first-order chi connectivity index (χ1) is 15.7. The van der Waals surface area contributed by atoms with Crippen molar-refractivity contribution in [2.24, 2.45) is 0 Å². The third kappa shape index (κ3) is 4.27. The van der Waals surface area contributed by atoms with E-state index in [0.29, 0.717) is 6.61 Å². The molecule has 2 N–H and O–H groups in total. The fraction of sp³-hybridized carbons (Fsp3) is 0.296. The maximum absolute atomic E-state index is 12.7. The highest BCUT2D eigenvalue weighted by molar-refractivity contribution is 5.86. The van der Waals surface area contributed by atoms with Gasteiger partial charge in [0, 0.05) is 31.2 Å². The number of nitrogens with one attached hydrogen (secondary N) is 1. The number of carbonyl (C=O) groups is 1. The molecule has 2 aliphatic rings. The average Bonchev–Trinajstić information content (AvgIpc) is 3.14. The van der Waals surface area contributed by atoms with Gasteiger partial charge in [0.2, 0.25) is 0 Å². The van der Waals surface area contributed by atoms with Crippen LogP contribution in [0.3, 0.4) is 0 Å². The van der Waals surface area contributed by atoms with Crippen LogP contribution in [-0.2, 0) is 11.3 Å². The lowest BCUT2D eigenvalue weighted by Crippen LogP contribution is -2.35. The second kappa shape index (κ2) is 9.15. The second-order valence-corrected chi connectivity index (χ2v) is 8.62. The zero-order valence-corrected chi connectivity index (χ0v) is 18.0. The van der Waals surface area contributed by atoms with Gasteiger partial charge >= 0.3 is 6.09 Å². The summed E-state index contributed by atoms with van der Waals surface area (Å²) in [5.41, 5.74) is 6.67. The topological polar surface area (TPSA) is 61.8 Å². The molecule has 0 saturated carbocycles. The molecule has 1 aliphatic carbocycles. The van der Waals surface area contributed by atoms with Crippen LogP contribution in [0, 0.1) is 0 Å². The largest absolute Gasteiger partial charge is 0.448 e. The van der Waals surface area contributed by atoms with Crippen molar-refractivity contribution >= 4 is 11.8 Å². The van der Waals surface area contributed by atoms with Crippen LogP contribution in [0.2, 0.25) is 0 Å². The smallest absolute Gasteiger partial charge is 0.411 e. The van der Waals surface area contributed by atoms with Crippen LogP contribution in [0.4, 0.5) is 10.5 Å². The van der Waals surface area contributed by atoms with E-state index < -0.39 is 6.09 Å². The van der Waals surface area contributed by atoms with Gasteiger partial charge in [-0.25, -0.2) is 4.79 Å². The first kappa shape index (κ1) is 20.7. The maximum Gasteiger partial charge on any atom is 0.411 e. The fourth-order valence-corrected chi connectivity index (χ4v) is 4.84. The number of para-hydroxylation sites is 1. The molecule has 1 aliphatic heterocycles. The van der Waals surface area contributed by atoms with Gasteiger partial charge in [0.15, 0.2) is 0 Å². The van der Waals surface area contributed by atoms with Gasteiger partial charge in [0.05, 0.1) is 6.10 Å². The van der Waals surface area contributed by atoms with Crippen LogP contribution in [0.1, 0.15) is 35.4 Å². The van der Waals surface area contributed by atoms with Gasteiger partial charge in [-0.15, -0.1) is 0 Å². The van der Waals surface area contributed by atoms with E-state index in [9.17, 15) is 9.90 Å². The minimum atomic E-state index is -0.437. The lowest BCUT2D eigenvalue weighted by atomic mass is 9.98. The normalized spacial score (nSPS) is 16.4. The van der Waals surface area contributed by atoms with E-state index in [0.717, 1.165) is 43.7 Å². The number of aliphatic hydroxyl groups excluding tert-OH is 1. The summed E-state index contributed by atoms with van der Waals surface area (Å²) in [6, 6.07) is 24.5. The molecule has 1 saturated heterocycles. The number of fused-ring (bicyclic) bond motifs is 3. The number of rotatable bonds is 5. The number of likely N-dealkylation sites (tertiary alicyclic amines) is 1. The molecule has 5 rings (SSSR count). The summed E-state index contributed by atoms with van der Waals surface area (Å²) in [5.74, 6) is 0.0446. The number of ether oxygens (including phenoxy) is 1. The molecule has 0 atom stereocenters. The number of hydrogen-bond acceptors (Lipinski definition) is 4. The molecule has 0 unspecified atom stereocenters. The highest BCUT2D eigenvalue weighted by Crippen LogP contribution is 2.44. The predicted molar refractivity (Wildman–Crippen MR) is 126 cm³/mol. The van der Waals surface area contributed by atoms with E-state index in [2.05, 4.69) is 34.5 Å². The number of piperidine rings is 1. The molecular weight excluding hydrogens is 400 g/mol. The number of hydrogen-bond donors (Lipinski definition) is 2. The van der Waals surface area contributed by atoms with Crippen molar-refractivity contribution in [1.82, 2.24) is 4.90 Å². The number of benzene rings is 3. The van der Waals surface area contributed by atoms with E-state index in [4.69, 9.17) is 4.74 Å². The zero-order chi connectivity index (χ0) is 21.9. The van der Waals surface area contributed by atoms with Crippen molar-refractivity contribution < 1.29 is 14.6 Å². The molecule has 1 amide bonds. The molecule has 164 valence electrons. The molecule has 3 aromatic carbocycles. The Labute approximate surface area is 188 Å². The van der Waals surface area contributed by atoms with Crippen LogP contribution in [-0.4, -0.2) is 41.9 Å². The van der Waals surface area contributed by atoms with Gasteiger partial charge in [0.25, 0.3) is 0 Å². The van der Waals surface area contributed by atoms with Crippen LogP contribution in [0.5, 0.6) is 0 Å². The molecule has 3 aromatic rings. The van der Waals surface area contributed by atoms with Gasteiger partial charge < -0.3 is 9.84 Å². The highest BCUT2D eigenvalue weighted by Gasteiger charge is 2.29. The third-order valence-electron chi connectivity index (χ3n) is 6.55. The average molecular weight is 429 g/mol. The van der Waals surface area contributed by atoms with Crippen molar-refractivity contribution in [2.75, 3.05) is 25.0 Å². The number of carbonyl (C=O) groups excluding carboxylic acids is 1. The molecule has 32 heavy (non-hydrogen) atoms. The van der Waals surface area contributed by atoms with Crippen LogP contribution < -0.4 is 5.32 Å². The molecular formula is C27H28N2O3. The van der Waals surface area contributed by atoms with E-state index in [1.807, 2.05) is 48.5 Å². The molecule has 0 spiro atoms. The highest BCUT2D eigenvalue weighted by atomic mass is 16.5. The van der Waals surface area contributed by atoms with Crippen LogP contribution in [0.15, 0.2) is 72.8 Å². The van der Waals surface area contributed by atoms with Gasteiger partial charge in [0.1, 0.15) is 6.61 Å². The summed E-state index contributed by atoms with van der Waals surface area (Å²) in [5, 5.41) is 12.7. The molecule has 1 fully saturated rings. The Bertz CT molecular complexity index is 1060. The summed E-state index contributed by atoms with van der Waals surface area (Å²) in [6.45, 7) is 2.76. The Morgan fingerprint density at radius 3 is 2.19 bits per heavy atom. The number of anilines is 1. The summed E-state index contributed by atoms with van der Waals surface area (Å²) < 4.78 is 5.71. The van der Waals surface area contributed by atoms with E-state index in [1.165, 1.54) is 22.3 Å². The fourth-order valence-electron chi connectivity index (χ4n) is 4.84. The van der Waals surface area contributed by atoms with Crippen molar-refractivity contribution in [2.45, 2.75) is 31.4 Å². The van der Waals surface area contributed by atoms with Gasteiger partial charge in [-0.3, -0.25) is 10.2 Å². The summed E-state index contributed by atoms with van der Waals surface area (Å²) in [7, 11) is 0. The number of amides is 1. The van der Waals surface area contributed by atoms with Crippen LogP contribution >= 0.6 is 0 Å². The summed E-state index contributed by atoms with van der Waals surface area (Å²) in [4.78, 5) is 15.0. The SMILES string of the molecule is O=C(Nc1ccccc1CN1CCC(O)CC1)OCC1c2ccccc2-c2ccccc21. The lowest BCUT2D eigenvalue weighted by Gasteiger charge is -2.30. The van der Waals surface area contributed by atoms with Gasteiger partial charge in [-0.2, -0.15) is 0 Å². The van der Waals surface area contributed by atoms with E-state index in [1.54, 1.807) is 0 Å². The van der Waals surface area contributed by atoms with Crippen molar-refractivity contribution in [3.05, 3.63) is 89.5 Å². The predicted octanol–water partition coefficient (Wildman–Crippen LogP) is 5.00. The monoisotopic (exact) mass is 428 g/mol. The number of nitrogens with zero attached hydrogens (tertiary/aromatic N) is 1. The van der Waals surface area contributed by atoms with Crippen molar-refractivity contribution in [3.63, 3.8) is 0 Å². The number of aliphatic hydroxyl groups is 1.